The monoisotopic (exact) mass is 286 g/mol. The minimum Gasteiger partial charge on any atom is -0.399 e. The average Bonchev–Trinajstić information content (AvgIpc) is 2.90. The van der Waals surface area contributed by atoms with Gasteiger partial charge in [-0.1, -0.05) is 29.4 Å². The maximum Gasteiger partial charge on any atom is 0.106 e. The Morgan fingerprint density at radius 1 is 1.10 bits per heavy atom. The lowest BCUT2D eigenvalue weighted by molar-refractivity contribution is 0.215. The molecule has 2 rings (SSSR count). The number of nitrogens with one attached hydrogen (secondary N) is 3. The second-order valence-corrected chi connectivity index (χ2v) is 4.66. The average molecular weight is 286 g/mol. The van der Waals surface area contributed by atoms with Crippen LogP contribution in [0.15, 0.2) is 52.6 Å². The van der Waals surface area contributed by atoms with Gasteiger partial charge in [0.25, 0.3) is 0 Å². The molecule has 0 spiro atoms. The highest BCUT2D eigenvalue weighted by Crippen LogP contribution is 2.37. The molecule has 5 heteroatoms. The fraction of sp³-hybridized carbons (Fsp3) is 0.312. The zero-order chi connectivity index (χ0) is 15.2. The van der Waals surface area contributed by atoms with Crippen LogP contribution in [0, 0.1) is 0 Å². The van der Waals surface area contributed by atoms with Gasteiger partial charge >= 0.3 is 0 Å². The molecule has 0 fully saturated rings. The number of oxime groups is 1. The molecule has 0 saturated carbocycles. The second kappa shape index (κ2) is 6.83. The highest BCUT2D eigenvalue weighted by atomic mass is 16.6. The first-order chi connectivity index (χ1) is 10.3. The van der Waals surface area contributed by atoms with Gasteiger partial charge < -0.3 is 20.8 Å². The van der Waals surface area contributed by atoms with E-state index in [0.29, 0.717) is 0 Å². The van der Waals surface area contributed by atoms with Crippen LogP contribution in [0.5, 0.6) is 0 Å². The van der Waals surface area contributed by atoms with E-state index in [2.05, 4.69) is 33.2 Å². The topological polar surface area (TPSA) is 57.7 Å². The molecule has 0 radical (unpaired) electrons. The van der Waals surface area contributed by atoms with Crippen LogP contribution in [0.4, 0.5) is 0 Å². The fourth-order valence-corrected chi connectivity index (χ4v) is 2.65. The Balaban J connectivity index is 2.51. The molecule has 3 N–H and O–H groups in total. The first kappa shape index (κ1) is 15.0. The summed E-state index contributed by atoms with van der Waals surface area (Å²) in [4.78, 5) is 4.81. The number of rotatable bonds is 6. The lowest BCUT2D eigenvalue weighted by atomic mass is 9.91. The molecule has 1 atom stereocenters. The Morgan fingerprint density at radius 3 is 2.48 bits per heavy atom. The summed E-state index contributed by atoms with van der Waals surface area (Å²) < 4.78 is 0. The number of likely N-dealkylation sites (N-methyl/N-ethyl adjacent to an activating group) is 3. The summed E-state index contributed by atoms with van der Waals surface area (Å²) in [7, 11) is 7.36. The van der Waals surface area contributed by atoms with Crippen LogP contribution in [0.25, 0.3) is 0 Å². The molecular weight excluding hydrogens is 264 g/mol. The molecule has 1 unspecified atom stereocenters. The van der Waals surface area contributed by atoms with Gasteiger partial charge in [-0.05, 0) is 11.6 Å². The van der Waals surface area contributed by atoms with E-state index in [1.807, 2.05) is 39.3 Å². The van der Waals surface area contributed by atoms with Crippen molar-refractivity contribution in [1.29, 1.82) is 0 Å². The molecule has 1 aromatic carbocycles. The van der Waals surface area contributed by atoms with Crippen molar-refractivity contribution in [2.45, 2.75) is 5.92 Å². The Labute approximate surface area is 125 Å². The van der Waals surface area contributed by atoms with Gasteiger partial charge in [-0.3, -0.25) is 0 Å². The van der Waals surface area contributed by atoms with Crippen molar-refractivity contribution in [2.24, 2.45) is 5.16 Å². The molecule has 112 valence electrons. The molecule has 1 aromatic rings. The minimum absolute atomic E-state index is 0.127. The van der Waals surface area contributed by atoms with E-state index in [0.717, 1.165) is 22.7 Å². The van der Waals surface area contributed by atoms with Crippen molar-refractivity contribution >= 4 is 6.21 Å². The van der Waals surface area contributed by atoms with Crippen LogP contribution < -0.4 is 16.0 Å². The Hall–Kier alpha value is -2.43. The van der Waals surface area contributed by atoms with Crippen LogP contribution in [-0.2, 0) is 4.84 Å². The summed E-state index contributed by atoms with van der Waals surface area (Å²) >= 11 is 0. The summed E-state index contributed by atoms with van der Waals surface area (Å²) in [6.45, 7) is 0. The molecular formula is C16H22N4O. The highest BCUT2D eigenvalue weighted by molar-refractivity contribution is 5.82. The number of allylic oxidation sites excluding steroid dienone is 1. The normalized spacial score (nSPS) is 17.9. The van der Waals surface area contributed by atoms with E-state index in [4.69, 9.17) is 4.84 Å². The molecule has 21 heavy (non-hydrogen) atoms. The minimum atomic E-state index is 0.127. The van der Waals surface area contributed by atoms with Crippen LogP contribution in [-0.4, -0.2) is 34.5 Å². The van der Waals surface area contributed by atoms with Crippen LogP contribution in [0.1, 0.15) is 17.0 Å². The molecule has 0 aromatic heterocycles. The molecule has 0 heterocycles. The molecule has 0 aliphatic heterocycles. The highest BCUT2D eigenvalue weighted by Gasteiger charge is 2.29. The van der Waals surface area contributed by atoms with Gasteiger partial charge in [-0.15, -0.1) is 0 Å². The molecule has 0 amide bonds. The fourth-order valence-electron chi connectivity index (χ4n) is 2.65. The van der Waals surface area contributed by atoms with Crippen molar-refractivity contribution in [3.8, 4) is 0 Å². The Bertz CT molecular complexity index is 590. The van der Waals surface area contributed by atoms with E-state index in [-0.39, 0.29) is 5.92 Å². The summed E-state index contributed by atoms with van der Waals surface area (Å²) in [6.07, 6.45) is 3.87. The van der Waals surface area contributed by atoms with Gasteiger partial charge in [-0.2, -0.15) is 0 Å². The van der Waals surface area contributed by atoms with E-state index < -0.39 is 0 Å². The van der Waals surface area contributed by atoms with Crippen molar-refractivity contribution in [3.05, 3.63) is 58.6 Å². The molecule has 1 aliphatic carbocycles. The predicted molar refractivity (Wildman–Crippen MR) is 86.1 cm³/mol. The molecule has 0 saturated heterocycles. The number of benzene rings is 1. The van der Waals surface area contributed by atoms with Gasteiger partial charge in [0.1, 0.15) is 7.11 Å². The van der Waals surface area contributed by atoms with E-state index in [1.54, 1.807) is 13.3 Å². The van der Waals surface area contributed by atoms with Crippen LogP contribution in [0.3, 0.4) is 0 Å². The lowest BCUT2D eigenvalue weighted by Crippen LogP contribution is -2.22. The van der Waals surface area contributed by atoms with Crippen LogP contribution >= 0.6 is 0 Å². The van der Waals surface area contributed by atoms with E-state index in [9.17, 15) is 0 Å². The Morgan fingerprint density at radius 2 is 1.86 bits per heavy atom. The third-order valence-corrected chi connectivity index (χ3v) is 3.62. The lowest BCUT2D eigenvalue weighted by Gasteiger charge is -2.21. The number of hydrogen-bond donors (Lipinski definition) is 3. The largest absolute Gasteiger partial charge is 0.399 e. The van der Waals surface area contributed by atoms with Crippen molar-refractivity contribution in [2.75, 3.05) is 28.3 Å². The van der Waals surface area contributed by atoms with E-state index >= 15 is 0 Å². The van der Waals surface area contributed by atoms with Gasteiger partial charge in [0, 0.05) is 38.1 Å². The predicted octanol–water partition coefficient (Wildman–Crippen LogP) is 1.52. The summed E-state index contributed by atoms with van der Waals surface area (Å²) in [6, 6.07) is 8.19. The SMILES string of the molecule is CNC1=CC(NC)=C(NC)C1c1ccccc1C=NOC. The first-order valence-electron chi connectivity index (χ1n) is 6.91. The second-order valence-electron chi connectivity index (χ2n) is 4.66. The van der Waals surface area contributed by atoms with Gasteiger partial charge in [-0.25, -0.2) is 0 Å². The van der Waals surface area contributed by atoms with E-state index in [1.165, 1.54) is 5.56 Å². The summed E-state index contributed by atoms with van der Waals surface area (Å²) in [5, 5.41) is 13.7. The zero-order valence-electron chi connectivity index (χ0n) is 12.9. The van der Waals surface area contributed by atoms with Crippen molar-refractivity contribution in [3.63, 3.8) is 0 Å². The zero-order valence-corrected chi connectivity index (χ0v) is 12.9. The quantitative estimate of drug-likeness (QED) is 0.548. The maximum atomic E-state index is 4.81. The van der Waals surface area contributed by atoms with Crippen molar-refractivity contribution < 1.29 is 4.84 Å². The third-order valence-electron chi connectivity index (χ3n) is 3.62. The summed E-state index contributed by atoms with van der Waals surface area (Å²) in [5.41, 5.74) is 5.58. The number of hydrogen-bond acceptors (Lipinski definition) is 5. The smallest absolute Gasteiger partial charge is 0.106 e. The first-order valence-corrected chi connectivity index (χ1v) is 6.91. The Kier molecular flexibility index (Phi) is 4.87. The molecule has 1 aliphatic rings. The van der Waals surface area contributed by atoms with Gasteiger partial charge in [0.2, 0.25) is 0 Å². The molecule has 0 bridgehead atoms. The van der Waals surface area contributed by atoms with Crippen LogP contribution in [0.2, 0.25) is 0 Å². The number of nitrogens with zero attached hydrogens (tertiary/aromatic N) is 1. The van der Waals surface area contributed by atoms with Crippen molar-refractivity contribution in [1.82, 2.24) is 16.0 Å². The van der Waals surface area contributed by atoms with Gasteiger partial charge in [0.05, 0.1) is 17.8 Å². The third kappa shape index (κ3) is 2.86. The summed E-state index contributed by atoms with van der Waals surface area (Å²) in [5.74, 6) is 0.127. The van der Waals surface area contributed by atoms with Gasteiger partial charge in [0.15, 0.2) is 0 Å². The standard InChI is InChI=1S/C16H22N4O/c1-17-13-9-14(18-2)16(19-3)15(13)12-8-6-5-7-11(12)10-20-21-4/h5-10,15,17-19H,1-4H3. The molecule has 5 nitrogen and oxygen atoms in total. The maximum absolute atomic E-state index is 4.81.